The average Bonchev–Trinajstić information content (AvgIpc) is 2.39. The van der Waals surface area contributed by atoms with Crippen LogP contribution in [0.15, 0.2) is 16.9 Å². The SMILES string of the molecule is CCC(CC)N(CCO)c1c(Br)cncc1[N+](=O)[O-]. The van der Waals surface area contributed by atoms with Crippen molar-refractivity contribution in [2.45, 2.75) is 32.7 Å². The molecule has 1 aromatic rings. The number of nitrogens with zero attached hydrogens (tertiary/aromatic N) is 3. The molecule has 0 fully saturated rings. The van der Waals surface area contributed by atoms with E-state index in [1.165, 1.54) is 12.4 Å². The Morgan fingerprint density at radius 2 is 2.11 bits per heavy atom. The molecule has 0 unspecified atom stereocenters. The molecule has 0 aliphatic heterocycles. The number of pyridine rings is 1. The van der Waals surface area contributed by atoms with Crippen molar-refractivity contribution >= 4 is 27.3 Å². The van der Waals surface area contributed by atoms with Crippen molar-refractivity contribution in [1.29, 1.82) is 0 Å². The second kappa shape index (κ2) is 7.40. The quantitative estimate of drug-likeness (QED) is 0.613. The van der Waals surface area contributed by atoms with E-state index < -0.39 is 4.92 Å². The summed E-state index contributed by atoms with van der Waals surface area (Å²) in [6.07, 6.45) is 4.48. The van der Waals surface area contributed by atoms with Gasteiger partial charge in [-0.25, -0.2) is 0 Å². The number of rotatable bonds is 7. The Labute approximate surface area is 120 Å². The molecule has 7 heteroatoms. The van der Waals surface area contributed by atoms with Crippen molar-refractivity contribution in [2.24, 2.45) is 0 Å². The zero-order valence-corrected chi connectivity index (χ0v) is 12.6. The van der Waals surface area contributed by atoms with Gasteiger partial charge >= 0.3 is 5.69 Å². The molecule has 1 rings (SSSR count). The Bertz CT molecular complexity index is 438. The molecule has 1 N–H and O–H groups in total. The summed E-state index contributed by atoms with van der Waals surface area (Å²) in [5.74, 6) is 0. The molecule has 1 heterocycles. The molecule has 6 nitrogen and oxygen atoms in total. The molecule has 1 aromatic heterocycles. The van der Waals surface area contributed by atoms with Gasteiger partial charge in [0.15, 0.2) is 0 Å². The van der Waals surface area contributed by atoms with Crippen LogP contribution in [0, 0.1) is 10.1 Å². The number of hydrogen-bond acceptors (Lipinski definition) is 5. The maximum atomic E-state index is 11.1. The number of halogens is 1. The largest absolute Gasteiger partial charge is 0.395 e. The Hall–Kier alpha value is -1.21. The van der Waals surface area contributed by atoms with Crippen molar-refractivity contribution in [3.05, 3.63) is 27.0 Å². The van der Waals surface area contributed by atoms with Gasteiger partial charge in [-0.3, -0.25) is 15.1 Å². The minimum absolute atomic E-state index is 0.0466. The molecule has 0 radical (unpaired) electrons. The van der Waals surface area contributed by atoms with E-state index in [2.05, 4.69) is 20.9 Å². The maximum absolute atomic E-state index is 11.1. The highest BCUT2D eigenvalue weighted by atomic mass is 79.9. The summed E-state index contributed by atoms with van der Waals surface area (Å²) in [6, 6.07) is 0.143. The van der Waals surface area contributed by atoms with Gasteiger partial charge in [0.1, 0.15) is 11.9 Å². The number of nitro groups is 1. The number of anilines is 1. The Balaban J connectivity index is 3.32. The number of aromatic nitrogens is 1. The van der Waals surface area contributed by atoms with Crippen molar-refractivity contribution in [3.63, 3.8) is 0 Å². The number of hydrogen-bond donors (Lipinski definition) is 1. The Morgan fingerprint density at radius 3 is 2.58 bits per heavy atom. The minimum Gasteiger partial charge on any atom is -0.395 e. The molecule has 0 aliphatic carbocycles. The standard InChI is InChI=1S/C12H18BrN3O3/c1-3-9(4-2)15(5-6-17)12-10(13)7-14-8-11(12)16(18)19/h7-9,17H,3-6H2,1-2H3. The van der Waals surface area contributed by atoms with Gasteiger partial charge in [0, 0.05) is 18.8 Å². The lowest BCUT2D eigenvalue weighted by atomic mass is 10.1. The summed E-state index contributed by atoms with van der Waals surface area (Å²) in [6.45, 7) is 4.36. The van der Waals surface area contributed by atoms with Crippen LogP contribution in [-0.4, -0.2) is 34.2 Å². The monoisotopic (exact) mass is 331 g/mol. The fraction of sp³-hybridized carbons (Fsp3) is 0.583. The van der Waals surface area contributed by atoms with E-state index in [0.29, 0.717) is 16.7 Å². The van der Waals surface area contributed by atoms with Crippen LogP contribution in [0.5, 0.6) is 0 Å². The van der Waals surface area contributed by atoms with Gasteiger partial charge < -0.3 is 10.0 Å². The van der Waals surface area contributed by atoms with Crippen LogP contribution in [-0.2, 0) is 0 Å². The van der Waals surface area contributed by atoms with E-state index in [1.807, 2.05) is 18.7 Å². The first-order chi connectivity index (χ1) is 9.06. The molecule has 0 saturated carbocycles. The maximum Gasteiger partial charge on any atom is 0.311 e. The van der Waals surface area contributed by atoms with Crippen LogP contribution in [0.25, 0.3) is 0 Å². The highest BCUT2D eigenvalue weighted by molar-refractivity contribution is 9.10. The summed E-state index contributed by atoms with van der Waals surface area (Å²) in [7, 11) is 0. The molecule has 19 heavy (non-hydrogen) atoms. The van der Waals surface area contributed by atoms with Crippen LogP contribution in [0.3, 0.4) is 0 Å². The van der Waals surface area contributed by atoms with Crippen molar-refractivity contribution in [3.8, 4) is 0 Å². The molecule has 0 spiro atoms. The minimum atomic E-state index is -0.445. The van der Waals surface area contributed by atoms with E-state index in [9.17, 15) is 15.2 Å². The van der Waals surface area contributed by atoms with Crippen molar-refractivity contribution < 1.29 is 10.0 Å². The van der Waals surface area contributed by atoms with Crippen molar-refractivity contribution in [2.75, 3.05) is 18.1 Å². The zero-order chi connectivity index (χ0) is 14.4. The third kappa shape index (κ3) is 3.63. The summed E-state index contributed by atoms with van der Waals surface area (Å²) in [5, 5.41) is 20.4. The number of aliphatic hydroxyl groups excluding tert-OH is 1. The molecule has 0 atom stereocenters. The fourth-order valence-electron chi connectivity index (χ4n) is 2.15. The van der Waals surface area contributed by atoms with Crippen LogP contribution >= 0.6 is 15.9 Å². The molecule has 0 amide bonds. The molecule has 0 saturated heterocycles. The van der Waals surface area contributed by atoms with Crippen LogP contribution in [0.1, 0.15) is 26.7 Å². The van der Waals surface area contributed by atoms with Gasteiger partial charge in [-0.05, 0) is 28.8 Å². The van der Waals surface area contributed by atoms with Gasteiger partial charge in [-0.1, -0.05) is 13.8 Å². The van der Waals surface area contributed by atoms with Gasteiger partial charge in [0.05, 0.1) is 16.0 Å². The summed E-state index contributed by atoms with van der Waals surface area (Å²) in [4.78, 5) is 16.4. The van der Waals surface area contributed by atoms with Crippen LogP contribution in [0.4, 0.5) is 11.4 Å². The second-order valence-electron chi connectivity index (χ2n) is 4.13. The molecule has 0 bridgehead atoms. The first-order valence-electron chi connectivity index (χ1n) is 6.22. The zero-order valence-electron chi connectivity index (χ0n) is 11.0. The average molecular weight is 332 g/mol. The van der Waals surface area contributed by atoms with E-state index in [-0.39, 0.29) is 18.3 Å². The topological polar surface area (TPSA) is 79.5 Å². The Kier molecular flexibility index (Phi) is 6.17. The van der Waals surface area contributed by atoms with E-state index >= 15 is 0 Å². The lowest BCUT2D eigenvalue weighted by molar-refractivity contribution is -0.384. The third-order valence-electron chi connectivity index (χ3n) is 3.06. The molecular formula is C12H18BrN3O3. The molecular weight excluding hydrogens is 314 g/mol. The van der Waals surface area contributed by atoms with E-state index in [0.717, 1.165) is 12.8 Å². The third-order valence-corrected chi connectivity index (χ3v) is 3.64. The van der Waals surface area contributed by atoms with Crippen LogP contribution < -0.4 is 4.90 Å². The van der Waals surface area contributed by atoms with Crippen molar-refractivity contribution in [1.82, 2.24) is 4.98 Å². The summed E-state index contributed by atoms with van der Waals surface area (Å²) in [5.41, 5.74) is 0.442. The predicted octanol–water partition coefficient (Wildman–Crippen LogP) is 2.74. The molecule has 0 aromatic carbocycles. The lowest BCUT2D eigenvalue weighted by Crippen LogP contribution is -2.37. The molecule has 106 valence electrons. The fourth-order valence-corrected chi connectivity index (χ4v) is 2.70. The highest BCUT2D eigenvalue weighted by Crippen LogP contribution is 2.36. The number of aliphatic hydroxyl groups is 1. The smallest absolute Gasteiger partial charge is 0.311 e. The first kappa shape index (κ1) is 15.8. The summed E-state index contributed by atoms with van der Waals surface area (Å²) < 4.78 is 0.571. The van der Waals surface area contributed by atoms with E-state index in [1.54, 1.807) is 0 Å². The highest BCUT2D eigenvalue weighted by Gasteiger charge is 2.26. The van der Waals surface area contributed by atoms with Crippen LogP contribution in [0.2, 0.25) is 0 Å². The Morgan fingerprint density at radius 1 is 1.47 bits per heavy atom. The molecule has 0 aliphatic rings. The van der Waals surface area contributed by atoms with Gasteiger partial charge in [-0.2, -0.15) is 0 Å². The first-order valence-corrected chi connectivity index (χ1v) is 7.01. The lowest BCUT2D eigenvalue weighted by Gasteiger charge is -2.32. The van der Waals surface area contributed by atoms with E-state index in [4.69, 9.17) is 0 Å². The summed E-state index contributed by atoms with van der Waals surface area (Å²) >= 11 is 3.32. The van der Waals surface area contributed by atoms with Gasteiger partial charge in [0.25, 0.3) is 0 Å². The van der Waals surface area contributed by atoms with Gasteiger partial charge in [0.2, 0.25) is 0 Å². The normalized spacial score (nSPS) is 10.8. The predicted molar refractivity (Wildman–Crippen MR) is 77.4 cm³/mol. The van der Waals surface area contributed by atoms with Gasteiger partial charge in [-0.15, -0.1) is 0 Å². The second-order valence-corrected chi connectivity index (χ2v) is 4.99.